The van der Waals surface area contributed by atoms with Gasteiger partial charge in [-0.2, -0.15) is 18.4 Å². The molecule has 1 aliphatic rings. The smallest absolute Gasteiger partial charge is 0.393 e. The van der Waals surface area contributed by atoms with Crippen molar-refractivity contribution in [3.05, 3.63) is 77.8 Å². The maximum absolute atomic E-state index is 12.6. The Kier molecular flexibility index (Phi) is 7.47. The molecule has 3 rings (SSSR count). The second-order valence-corrected chi connectivity index (χ2v) is 9.84. The van der Waals surface area contributed by atoms with Crippen LogP contribution in [0.1, 0.15) is 30.5 Å². The van der Waals surface area contributed by atoms with Gasteiger partial charge >= 0.3 is 6.18 Å². The third-order valence-electron chi connectivity index (χ3n) is 5.09. The molecule has 0 aromatic heterocycles. The Bertz CT molecular complexity index is 1150. The van der Waals surface area contributed by atoms with Crippen LogP contribution in [0.15, 0.2) is 71.0 Å². The summed E-state index contributed by atoms with van der Waals surface area (Å²) in [5, 5.41) is 9.88. The van der Waals surface area contributed by atoms with E-state index < -0.39 is 18.0 Å². The molecule has 0 radical (unpaired) electrons. The van der Waals surface area contributed by atoms with E-state index in [0.29, 0.717) is 10.7 Å². The first kappa shape index (κ1) is 25.4. The van der Waals surface area contributed by atoms with E-state index in [4.69, 9.17) is 4.74 Å². The summed E-state index contributed by atoms with van der Waals surface area (Å²) in [5.74, 6) is 0.751. The number of rotatable bonds is 6. The fourth-order valence-corrected chi connectivity index (χ4v) is 4.19. The van der Waals surface area contributed by atoms with E-state index in [1.807, 2.05) is 50.9 Å². The second-order valence-electron chi connectivity index (χ2n) is 8.78. The molecule has 0 saturated carbocycles. The van der Waals surface area contributed by atoms with Crippen molar-refractivity contribution in [3.8, 4) is 11.8 Å². The van der Waals surface area contributed by atoms with Crippen molar-refractivity contribution in [1.82, 2.24) is 0 Å². The van der Waals surface area contributed by atoms with Gasteiger partial charge in [0.1, 0.15) is 17.4 Å². The summed E-state index contributed by atoms with van der Waals surface area (Å²) < 4.78 is 43.7. The van der Waals surface area contributed by atoms with Crippen LogP contribution in [-0.2, 0) is 6.42 Å². The van der Waals surface area contributed by atoms with Gasteiger partial charge in [0.25, 0.3) is 0 Å². The standard InChI is InChI=1S/C26H26F3N3OS/c1-17-12-21(13-18(2)23(17)33-16-25(4,5)15-30)32-11-10-31-24(19(32)3)34-22-8-6-20(7-9-22)14-26(27,28)29/h6-13H,3,14,16H2,1-2,4-5H3. The van der Waals surface area contributed by atoms with Gasteiger partial charge in [-0.25, -0.2) is 4.99 Å². The maximum atomic E-state index is 12.6. The predicted molar refractivity (Wildman–Crippen MR) is 131 cm³/mol. The number of hydrogen-bond acceptors (Lipinski definition) is 5. The van der Waals surface area contributed by atoms with E-state index in [2.05, 4.69) is 17.6 Å². The molecule has 2 aromatic carbocycles. The molecule has 1 heterocycles. The zero-order valence-corrected chi connectivity index (χ0v) is 20.3. The highest BCUT2D eigenvalue weighted by molar-refractivity contribution is 8.14. The summed E-state index contributed by atoms with van der Waals surface area (Å²) in [4.78, 5) is 7.10. The average Bonchev–Trinajstić information content (AvgIpc) is 2.75. The largest absolute Gasteiger partial charge is 0.491 e. The van der Waals surface area contributed by atoms with Gasteiger partial charge in [-0.15, -0.1) is 0 Å². The zero-order valence-electron chi connectivity index (χ0n) is 19.5. The summed E-state index contributed by atoms with van der Waals surface area (Å²) >= 11 is 1.34. The lowest BCUT2D eigenvalue weighted by molar-refractivity contribution is -0.127. The highest BCUT2D eigenvalue weighted by atomic mass is 32.2. The molecule has 0 saturated heterocycles. The highest BCUT2D eigenvalue weighted by Crippen LogP contribution is 2.35. The Morgan fingerprint density at radius 2 is 1.74 bits per heavy atom. The van der Waals surface area contributed by atoms with E-state index in [-0.39, 0.29) is 12.2 Å². The number of aryl methyl sites for hydroxylation is 2. The maximum Gasteiger partial charge on any atom is 0.393 e. The van der Waals surface area contributed by atoms with Crippen LogP contribution in [0.3, 0.4) is 0 Å². The molecule has 0 amide bonds. The fourth-order valence-electron chi connectivity index (χ4n) is 3.36. The van der Waals surface area contributed by atoms with E-state index in [0.717, 1.165) is 27.5 Å². The molecule has 8 heteroatoms. The van der Waals surface area contributed by atoms with Gasteiger partial charge in [0.2, 0.25) is 0 Å². The molecule has 0 unspecified atom stereocenters. The van der Waals surface area contributed by atoms with Crippen LogP contribution < -0.4 is 9.64 Å². The quantitative estimate of drug-likeness (QED) is 0.430. The van der Waals surface area contributed by atoms with Crippen molar-refractivity contribution in [2.24, 2.45) is 10.4 Å². The number of benzene rings is 2. The van der Waals surface area contributed by atoms with Gasteiger partial charge in [0.05, 0.1) is 23.6 Å². The van der Waals surface area contributed by atoms with Crippen LogP contribution in [0.2, 0.25) is 0 Å². The SMILES string of the molecule is C=C1C(Sc2ccc(CC(F)(F)F)cc2)=NC=CN1c1cc(C)c(OCC(C)(C)C#N)c(C)c1. The molecule has 0 aliphatic carbocycles. The molecular formula is C26H26F3N3OS. The van der Waals surface area contributed by atoms with Crippen molar-refractivity contribution in [2.45, 2.75) is 45.2 Å². The summed E-state index contributed by atoms with van der Waals surface area (Å²) in [7, 11) is 0. The third-order valence-corrected chi connectivity index (χ3v) is 6.13. The highest BCUT2D eigenvalue weighted by Gasteiger charge is 2.27. The normalized spacial score (nSPS) is 14.1. The lowest BCUT2D eigenvalue weighted by Gasteiger charge is -2.27. The number of aliphatic imine (C=N–C) groups is 1. The molecular weight excluding hydrogens is 459 g/mol. The molecule has 2 aromatic rings. The van der Waals surface area contributed by atoms with Gasteiger partial charge < -0.3 is 9.64 Å². The molecule has 4 nitrogen and oxygen atoms in total. The van der Waals surface area contributed by atoms with Crippen molar-refractivity contribution >= 4 is 22.5 Å². The van der Waals surface area contributed by atoms with Gasteiger partial charge in [0.15, 0.2) is 0 Å². The summed E-state index contributed by atoms with van der Waals surface area (Å²) in [6.45, 7) is 12.0. The van der Waals surface area contributed by atoms with Crippen molar-refractivity contribution in [2.75, 3.05) is 11.5 Å². The Balaban J connectivity index is 1.74. The number of halogens is 3. The number of ether oxygens (including phenoxy) is 1. The van der Waals surface area contributed by atoms with E-state index in [1.54, 1.807) is 18.3 Å². The van der Waals surface area contributed by atoms with E-state index >= 15 is 0 Å². The predicted octanol–water partition coefficient (Wildman–Crippen LogP) is 7.33. The minimum absolute atomic E-state index is 0.217. The summed E-state index contributed by atoms with van der Waals surface area (Å²) in [6.07, 6.45) is -1.70. The molecule has 1 aliphatic heterocycles. The molecule has 0 fully saturated rings. The minimum atomic E-state index is -4.23. The Hall–Kier alpha value is -3.18. The molecule has 34 heavy (non-hydrogen) atoms. The lowest BCUT2D eigenvalue weighted by atomic mass is 9.97. The molecule has 0 bridgehead atoms. The topological polar surface area (TPSA) is 48.6 Å². The lowest BCUT2D eigenvalue weighted by Crippen LogP contribution is -2.23. The van der Waals surface area contributed by atoms with Crippen LogP contribution in [0.25, 0.3) is 0 Å². The molecule has 0 atom stereocenters. The molecule has 0 N–H and O–H groups in total. The number of nitriles is 1. The molecule has 0 spiro atoms. The number of hydrogen-bond donors (Lipinski definition) is 0. The van der Waals surface area contributed by atoms with Crippen LogP contribution in [-0.4, -0.2) is 17.8 Å². The van der Waals surface area contributed by atoms with Crippen molar-refractivity contribution in [1.29, 1.82) is 5.26 Å². The Morgan fingerprint density at radius 3 is 2.29 bits per heavy atom. The number of alkyl halides is 3. The Morgan fingerprint density at radius 1 is 1.12 bits per heavy atom. The van der Waals surface area contributed by atoms with Crippen molar-refractivity contribution in [3.63, 3.8) is 0 Å². The van der Waals surface area contributed by atoms with Crippen LogP contribution in [0.4, 0.5) is 18.9 Å². The first-order chi connectivity index (χ1) is 15.9. The van der Waals surface area contributed by atoms with Crippen molar-refractivity contribution < 1.29 is 17.9 Å². The number of thioether (sulfide) groups is 1. The van der Waals surface area contributed by atoms with Crippen LogP contribution in [0.5, 0.6) is 5.75 Å². The molecule has 178 valence electrons. The zero-order chi connectivity index (χ0) is 25.1. The summed E-state index contributed by atoms with van der Waals surface area (Å²) in [6, 6.07) is 12.5. The average molecular weight is 486 g/mol. The van der Waals surface area contributed by atoms with E-state index in [9.17, 15) is 18.4 Å². The number of nitrogens with zero attached hydrogens (tertiary/aromatic N) is 3. The van der Waals surface area contributed by atoms with Crippen LogP contribution in [0, 0.1) is 30.6 Å². The minimum Gasteiger partial charge on any atom is -0.491 e. The monoisotopic (exact) mass is 485 g/mol. The number of anilines is 1. The third kappa shape index (κ3) is 6.45. The van der Waals surface area contributed by atoms with Gasteiger partial charge in [-0.05, 0) is 68.7 Å². The van der Waals surface area contributed by atoms with Crippen LogP contribution >= 0.6 is 11.8 Å². The van der Waals surface area contributed by atoms with Gasteiger partial charge in [-0.3, -0.25) is 0 Å². The Labute approximate surface area is 202 Å². The van der Waals surface area contributed by atoms with Gasteiger partial charge in [0, 0.05) is 23.0 Å². The second kappa shape index (κ2) is 9.98. The first-order valence-corrected chi connectivity index (χ1v) is 11.4. The fraction of sp³-hybridized carbons (Fsp3) is 0.308. The first-order valence-electron chi connectivity index (χ1n) is 10.6. The summed E-state index contributed by atoms with van der Waals surface area (Å²) in [5.41, 5.74) is 3.04. The van der Waals surface area contributed by atoms with E-state index in [1.165, 1.54) is 23.9 Å². The van der Waals surface area contributed by atoms with Gasteiger partial charge in [-0.1, -0.05) is 30.5 Å².